The summed E-state index contributed by atoms with van der Waals surface area (Å²) in [7, 11) is 0. The Morgan fingerprint density at radius 3 is 2.44 bits per heavy atom. The van der Waals surface area contributed by atoms with E-state index in [-0.39, 0.29) is 55.4 Å². The number of nitrogen functional groups attached to an aromatic ring is 1. The summed E-state index contributed by atoms with van der Waals surface area (Å²) < 4.78 is 11.2. The molecule has 2 unspecified atom stereocenters. The summed E-state index contributed by atoms with van der Waals surface area (Å²) in [5, 5.41) is 12.3. The number of fused-ring (bicyclic) bond motifs is 2. The molecule has 1 aromatic heterocycles. The van der Waals surface area contributed by atoms with E-state index in [9.17, 15) is 14.4 Å². The summed E-state index contributed by atoms with van der Waals surface area (Å²) in [5.74, 6) is -1.85. The van der Waals surface area contributed by atoms with Gasteiger partial charge in [-0.25, -0.2) is 0 Å². The van der Waals surface area contributed by atoms with Crippen LogP contribution in [-0.2, 0) is 32.1 Å². The zero-order chi connectivity index (χ0) is 34.6. The van der Waals surface area contributed by atoms with Crippen molar-refractivity contribution in [3.8, 4) is 0 Å². The Hall–Kier alpha value is -3.69. The number of carbonyl (C=O) groups excluding carboxylic acids is 3. The monoisotopic (exact) mass is 694 g/mol. The van der Waals surface area contributed by atoms with Crippen LogP contribution in [0.15, 0.2) is 52.5 Å². The van der Waals surface area contributed by atoms with E-state index in [0.717, 1.165) is 28.7 Å². The summed E-state index contributed by atoms with van der Waals surface area (Å²) in [6.07, 6.45) is 3.35. The molecule has 9 nitrogen and oxygen atoms in total. The first-order valence-electron chi connectivity index (χ1n) is 16.8. The third kappa shape index (κ3) is 7.78. The lowest BCUT2D eigenvalue weighted by molar-refractivity contribution is -0.149. The fourth-order valence-corrected chi connectivity index (χ4v) is 7.50. The number of allylic oxidation sites excluding steroid dienone is 1. The summed E-state index contributed by atoms with van der Waals surface area (Å²) in [6, 6.07) is 13.0. The average Bonchev–Trinajstić information content (AvgIpc) is 3.67. The molecule has 0 saturated carbocycles. The second-order valence-corrected chi connectivity index (χ2v) is 14.2. The van der Waals surface area contributed by atoms with E-state index < -0.39 is 23.3 Å². The van der Waals surface area contributed by atoms with Crippen molar-refractivity contribution >= 4 is 52.4 Å². The maximum absolute atomic E-state index is 14.7. The van der Waals surface area contributed by atoms with Gasteiger partial charge in [-0.3, -0.25) is 14.4 Å². The van der Waals surface area contributed by atoms with Crippen LogP contribution in [0.1, 0.15) is 101 Å². The molecule has 2 aromatic carbocycles. The minimum Gasteiger partial charge on any atom is -0.461 e. The van der Waals surface area contributed by atoms with Gasteiger partial charge in [0.2, 0.25) is 11.8 Å². The Bertz CT molecular complexity index is 1690. The molecular weight excluding hydrogens is 651 g/mol. The zero-order valence-electron chi connectivity index (χ0n) is 28.0. The Labute approximate surface area is 292 Å². The van der Waals surface area contributed by atoms with Gasteiger partial charge in [0.25, 0.3) is 0 Å². The largest absolute Gasteiger partial charge is 0.461 e. The fraction of sp³-hybridized carbons (Fsp3) is 0.486. The number of hydrogen-bond donors (Lipinski definition) is 2. The maximum atomic E-state index is 14.7. The molecule has 2 aliphatic carbocycles. The summed E-state index contributed by atoms with van der Waals surface area (Å²) in [6.45, 7) is 8.11. The van der Waals surface area contributed by atoms with Crippen LogP contribution in [0.5, 0.6) is 0 Å². The Morgan fingerprint density at radius 1 is 1.04 bits per heavy atom. The first-order chi connectivity index (χ1) is 22.9. The lowest BCUT2D eigenvalue weighted by atomic mass is 9.71. The lowest BCUT2D eigenvalue weighted by Gasteiger charge is -2.40. The number of ketones is 1. The normalized spacial score (nSPS) is 19.5. The zero-order valence-corrected chi connectivity index (χ0v) is 29.5. The lowest BCUT2D eigenvalue weighted by Crippen LogP contribution is -2.58. The summed E-state index contributed by atoms with van der Waals surface area (Å²) in [5.41, 5.74) is 9.47. The highest BCUT2D eigenvalue weighted by atomic mass is 35.5. The van der Waals surface area contributed by atoms with Gasteiger partial charge in [-0.2, -0.15) is 0 Å². The van der Waals surface area contributed by atoms with Crippen molar-refractivity contribution in [1.82, 2.24) is 15.5 Å². The number of halogens is 2. The minimum absolute atomic E-state index is 0.0250. The van der Waals surface area contributed by atoms with E-state index in [2.05, 4.69) is 15.5 Å². The standard InChI is InChI=1S/C37H44Cl2N4O5/c1-5-21(3)26(18-33(45)47-20-23-10-8-7-9-11-23)34(46)41-37(32(44)17-27(22(4)6-2)35-42-43-36(40)48-35)13-12-24-14-29-28(30(24)19-37)15-25(38)16-31(29)39/h7-11,15-16,21-22,26-27H,5-6,12-14,17-20H2,1-4H3,(H2,40,43)(H,41,46)/t21?,22?,26-,27-,37-/m0/s1. The quantitative estimate of drug-likeness (QED) is 0.163. The van der Waals surface area contributed by atoms with E-state index >= 15 is 0 Å². The molecule has 3 aromatic rings. The molecule has 2 aliphatic rings. The molecule has 3 N–H and O–H groups in total. The van der Waals surface area contributed by atoms with Gasteiger partial charge in [0, 0.05) is 28.8 Å². The molecule has 5 atom stereocenters. The number of anilines is 1. The van der Waals surface area contributed by atoms with Crippen LogP contribution in [0, 0.1) is 17.8 Å². The van der Waals surface area contributed by atoms with Crippen molar-refractivity contribution < 1.29 is 23.5 Å². The molecule has 0 spiro atoms. The van der Waals surface area contributed by atoms with Crippen LogP contribution in [0.25, 0.3) is 5.57 Å². The van der Waals surface area contributed by atoms with E-state index in [4.69, 9.17) is 38.1 Å². The number of benzene rings is 2. The van der Waals surface area contributed by atoms with Gasteiger partial charge in [-0.1, -0.05) is 105 Å². The van der Waals surface area contributed by atoms with E-state index in [1.807, 2.05) is 64.1 Å². The third-order valence-electron chi connectivity index (χ3n) is 10.3. The van der Waals surface area contributed by atoms with Crippen LogP contribution < -0.4 is 11.1 Å². The smallest absolute Gasteiger partial charge is 0.312 e. The first kappa shape index (κ1) is 35.6. The highest BCUT2D eigenvalue weighted by molar-refractivity contribution is 6.35. The van der Waals surface area contributed by atoms with Crippen molar-refractivity contribution in [3.63, 3.8) is 0 Å². The topological polar surface area (TPSA) is 137 Å². The van der Waals surface area contributed by atoms with Gasteiger partial charge >= 0.3 is 12.0 Å². The molecule has 48 heavy (non-hydrogen) atoms. The van der Waals surface area contributed by atoms with Gasteiger partial charge in [-0.05, 0) is 65.5 Å². The van der Waals surface area contributed by atoms with Crippen molar-refractivity contribution in [2.75, 3.05) is 5.73 Å². The van der Waals surface area contributed by atoms with Crippen LogP contribution in [-0.4, -0.2) is 33.4 Å². The molecule has 5 rings (SSSR count). The molecular formula is C37H44Cl2N4O5. The van der Waals surface area contributed by atoms with Gasteiger partial charge in [0.15, 0.2) is 5.78 Å². The van der Waals surface area contributed by atoms with Crippen LogP contribution in [0.2, 0.25) is 10.0 Å². The summed E-state index contributed by atoms with van der Waals surface area (Å²) in [4.78, 5) is 42.2. The van der Waals surface area contributed by atoms with E-state index in [0.29, 0.717) is 41.6 Å². The number of hydrogen-bond acceptors (Lipinski definition) is 8. The van der Waals surface area contributed by atoms with Crippen molar-refractivity contribution in [3.05, 3.63) is 80.7 Å². The van der Waals surface area contributed by atoms with Crippen molar-refractivity contribution in [2.24, 2.45) is 17.8 Å². The summed E-state index contributed by atoms with van der Waals surface area (Å²) >= 11 is 13.1. The number of nitrogens with zero attached hydrogens (tertiary/aromatic N) is 2. The van der Waals surface area contributed by atoms with E-state index in [1.165, 1.54) is 5.57 Å². The molecule has 0 radical (unpaired) electrons. The molecule has 11 heteroatoms. The fourth-order valence-electron chi connectivity index (χ4n) is 6.94. The Kier molecular flexibility index (Phi) is 11.3. The molecule has 0 fully saturated rings. The molecule has 0 saturated heterocycles. The first-order valence-corrected chi connectivity index (χ1v) is 17.5. The van der Waals surface area contributed by atoms with Gasteiger partial charge in [0.1, 0.15) is 12.1 Å². The van der Waals surface area contributed by atoms with Crippen LogP contribution in [0.4, 0.5) is 6.01 Å². The number of rotatable bonds is 14. The van der Waals surface area contributed by atoms with Crippen molar-refractivity contribution in [2.45, 2.75) is 97.1 Å². The molecule has 1 heterocycles. The van der Waals surface area contributed by atoms with E-state index in [1.54, 1.807) is 6.07 Å². The average molecular weight is 696 g/mol. The third-order valence-corrected chi connectivity index (χ3v) is 10.9. The Balaban J connectivity index is 1.45. The molecule has 0 aliphatic heterocycles. The second-order valence-electron chi connectivity index (χ2n) is 13.4. The van der Waals surface area contributed by atoms with Crippen molar-refractivity contribution in [1.29, 1.82) is 0 Å². The number of nitrogens with one attached hydrogen (secondary N) is 1. The number of carbonyl (C=O) groups is 3. The van der Waals surface area contributed by atoms with Crippen LogP contribution >= 0.6 is 23.2 Å². The highest BCUT2D eigenvalue weighted by Gasteiger charge is 2.47. The maximum Gasteiger partial charge on any atom is 0.312 e. The minimum atomic E-state index is -1.25. The highest BCUT2D eigenvalue weighted by Crippen LogP contribution is 2.49. The second kappa shape index (κ2) is 15.2. The van der Waals surface area contributed by atoms with Crippen LogP contribution in [0.3, 0.4) is 0 Å². The number of esters is 1. The molecule has 0 bridgehead atoms. The Morgan fingerprint density at radius 2 is 1.77 bits per heavy atom. The number of aromatic nitrogens is 2. The van der Waals surface area contributed by atoms with Gasteiger partial charge in [-0.15, -0.1) is 5.10 Å². The predicted molar refractivity (Wildman–Crippen MR) is 186 cm³/mol. The molecule has 1 amide bonds. The molecule has 256 valence electrons. The predicted octanol–water partition coefficient (Wildman–Crippen LogP) is 7.89. The van der Waals surface area contributed by atoms with Gasteiger partial charge in [0.05, 0.1) is 12.3 Å². The van der Waals surface area contributed by atoms with Gasteiger partial charge < -0.3 is 20.2 Å². The number of nitrogens with two attached hydrogens (primary N) is 1. The number of ether oxygens (including phenoxy) is 1. The number of amides is 1. The number of Topliss-reactive ketones (excluding diaryl/α,β-unsaturated/α-hetero) is 1. The SMILES string of the molecule is CCC(C)[C@H](CC(=O)OCc1ccccc1)C(=O)N[C@@]1(C(=O)C[C@H](c2nnc(N)o2)C(C)CC)CCC2=C(C1)c1cc(Cl)cc(Cl)c1C2.